The molecule has 35 heavy (non-hydrogen) atoms. The molecule has 182 valence electrons. The number of aromatic nitrogens is 2. The molecule has 2 aromatic rings. The summed E-state index contributed by atoms with van der Waals surface area (Å²) in [6.07, 6.45) is 7.83. The average Bonchev–Trinajstić information content (AvgIpc) is 3.53. The third kappa shape index (κ3) is 6.35. The minimum Gasteiger partial charge on any atom is -0.368 e. The molecule has 4 rings (SSSR count). The molecule has 11 nitrogen and oxygen atoms in total. The van der Waals surface area contributed by atoms with E-state index < -0.39 is 0 Å². The molecule has 0 saturated heterocycles. The molecule has 2 aliphatic rings. The molecule has 0 spiro atoms. The zero-order valence-electron chi connectivity index (χ0n) is 19.2. The fourth-order valence-electron chi connectivity index (χ4n) is 3.39. The Bertz CT molecular complexity index is 1240. The van der Waals surface area contributed by atoms with Crippen molar-refractivity contribution in [3.8, 4) is 11.4 Å². The van der Waals surface area contributed by atoms with Crippen LogP contribution in [0, 0.1) is 0 Å². The highest BCUT2D eigenvalue weighted by atomic mass is 32.1. The molecule has 0 aromatic carbocycles. The van der Waals surface area contributed by atoms with E-state index in [1.54, 1.807) is 19.1 Å². The summed E-state index contributed by atoms with van der Waals surface area (Å²) < 4.78 is 5.25. The number of rotatable bonds is 11. The summed E-state index contributed by atoms with van der Waals surface area (Å²) in [5.74, 6) is 0.898. The lowest BCUT2D eigenvalue weighted by Gasteiger charge is -2.18. The standard InChI is InChI=1S/C23H25N7O4S/c1-2-17(31)26-20-12-14(13-35-20)21-27-19(34-30-21)9-8-18(32)24-10-5-11-25-22-15-6-3-4-7-16(15)23(33)29-28-22/h3-4,7,12-13,25H,2,5-6,8-11H2,1H3,(H,24,32)(H,26,31). The van der Waals surface area contributed by atoms with Crippen molar-refractivity contribution in [1.29, 1.82) is 0 Å². The number of carbonyl (C=O) groups excluding carboxylic acids is 3. The summed E-state index contributed by atoms with van der Waals surface area (Å²) in [5, 5.41) is 23.0. The zero-order valence-corrected chi connectivity index (χ0v) is 20.0. The maximum absolute atomic E-state index is 12.2. The van der Waals surface area contributed by atoms with Gasteiger partial charge in [0.05, 0.1) is 10.6 Å². The maximum Gasteiger partial charge on any atom is 0.295 e. The van der Waals surface area contributed by atoms with Crippen LogP contribution in [-0.2, 0) is 20.8 Å². The molecule has 1 aliphatic heterocycles. The number of hydrogen-bond donors (Lipinski definition) is 3. The molecular weight excluding hydrogens is 470 g/mol. The highest BCUT2D eigenvalue weighted by Gasteiger charge is 2.23. The third-order valence-electron chi connectivity index (χ3n) is 5.25. The second-order valence-electron chi connectivity index (χ2n) is 7.79. The Hall–Kier alpha value is -3.93. The molecule has 3 N–H and O–H groups in total. The fraction of sp³-hybridized carbons (Fsp3) is 0.348. The van der Waals surface area contributed by atoms with Crippen LogP contribution in [0.3, 0.4) is 0 Å². The molecular formula is C23H25N7O4S. The molecule has 0 atom stereocenters. The Balaban J connectivity index is 1.16. The van der Waals surface area contributed by atoms with Crippen molar-refractivity contribution in [1.82, 2.24) is 20.8 Å². The predicted octanol–water partition coefficient (Wildman–Crippen LogP) is 3.27. The average molecular weight is 496 g/mol. The van der Waals surface area contributed by atoms with E-state index in [4.69, 9.17) is 4.52 Å². The van der Waals surface area contributed by atoms with Crippen molar-refractivity contribution in [2.24, 2.45) is 10.2 Å². The van der Waals surface area contributed by atoms with E-state index in [0.717, 1.165) is 16.1 Å². The van der Waals surface area contributed by atoms with Gasteiger partial charge in [0.1, 0.15) is 0 Å². The molecule has 1 aliphatic carbocycles. The van der Waals surface area contributed by atoms with Crippen LogP contribution in [0.1, 0.15) is 38.5 Å². The van der Waals surface area contributed by atoms with Crippen LogP contribution in [0.25, 0.3) is 11.4 Å². The van der Waals surface area contributed by atoms with E-state index in [2.05, 4.69) is 36.3 Å². The summed E-state index contributed by atoms with van der Waals surface area (Å²) in [7, 11) is 0. The minimum atomic E-state index is -0.323. The van der Waals surface area contributed by atoms with Crippen LogP contribution in [0.2, 0.25) is 0 Å². The zero-order chi connectivity index (χ0) is 24.6. The van der Waals surface area contributed by atoms with Crippen molar-refractivity contribution in [3.63, 3.8) is 0 Å². The van der Waals surface area contributed by atoms with Crippen molar-refractivity contribution in [2.75, 3.05) is 18.4 Å². The van der Waals surface area contributed by atoms with Gasteiger partial charge < -0.3 is 20.5 Å². The first-order valence-electron chi connectivity index (χ1n) is 11.3. The smallest absolute Gasteiger partial charge is 0.295 e. The van der Waals surface area contributed by atoms with Gasteiger partial charge in [-0.3, -0.25) is 14.4 Å². The molecule has 0 bridgehead atoms. The van der Waals surface area contributed by atoms with Gasteiger partial charge in [-0.1, -0.05) is 24.2 Å². The van der Waals surface area contributed by atoms with E-state index in [-0.39, 0.29) is 24.1 Å². The molecule has 3 amide bonds. The van der Waals surface area contributed by atoms with E-state index >= 15 is 0 Å². The second-order valence-corrected chi connectivity index (χ2v) is 8.70. The topological polar surface area (TPSA) is 151 Å². The Morgan fingerprint density at radius 3 is 2.94 bits per heavy atom. The predicted molar refractivity (Wildman–Crippen MR) is 129 cm³/mol. The normalized spacial score (nSPS) is 14.5. The lowest BCUT2D eigenvalue weighted by atomic mass is 9.97. The van der Waals surface area contributed by atoms with Gasteiger partial charge >= 0.3 is 0 Å². The Morgan fingerprint density at radius 1 is 1.20 bits per heavy atom. The largest absolute Gasteiger partial charge is 0.368 e. The Morgan fingerprint density at radius 2 is 2.09 bits per heavy atom. The van der Waals surface area contributed by atoms with Crippen molar-refractivity contribution in [2.45, 2.75) is 39.0 Å². The molecule has 3 heterocycles. The molecule has 0 fully saturated rings. The first-order chi connectivity index (χ1) is 17.0. The van der Waals surface area contributed by atoms with Gasteiger partial charge in [-0.2, -0.15) is 4.98 Å². The molecule has 0 saturated carbocycles. The van der Waals surface area contributed by atoms with E-state index in [1.165, 1.54) is 11.3 Å². The Kier molecular flexibility index (Phi) is 7.93. The van der Waals surface area contributed by atoms with Crippen molar-refractivity contribution < 1.29 is 18.9 Å². The lowest BCUT2D eigenvalue weighted by molar-refractivity contribution is -0.121. The fourth-order valence-corrected chi connectivity index (χ4v) is 4.18. The SMILES string of the molecule is CCC(=O)Nc1cc(-c2noc(CCC(=O)NCCCNC3=C4CC=CC=C4C(=O)N=N3)n2)cs1. The number of anilines is 1. The lowest BCUT2D eigenvalue weighted by Crippen LogP contribution is -2.28. The van der Waals surface area contributed by atoms with Crippen LogP contribution in [0.5, 0.6) is 0 Å². The van der Waals surface area contributed by atoms with Crippen LogP contribution >= 0.6 is 11.3 Å². The molecule has 0 unspecified atom stereocenters. The second kappa shape index (κ2) is 11.5. The number of azo groups is 1. The van der Waals surface area contributed by atoms with Crippen LogP contribution in [0.15, 0.2) is 61.4 Å². The number of hydrogen-bond acceptors (Lipinski definition) is 9. The monoisotopic (exact) mass is 495 g/mol. The third-order valence-corrected chi connectivity index (χ3v) is 6.09. The number of fused-ring (bicyclic) bond motifs is 1. The summed E-state index contributed by atoms with van der Waals surface area (Å²) in [6, 6.07) is 1.79. The van der Waals surface area contributed by atoms with Gasteiger partial charge in [-0.05, 0) is 25.0 Å². The molecule has 2 aromatic heterocycles. The summed E-state index contributed by atoms with van der Waals surface area (Å²) in [4.78, 5) is 39.8. The quantitative estimate of drug-likeness (QED) is 0.405. The summed E-state index contributed by atoms with van der Waals surface area (Å²) >= 11 is 1.39. The van der Waals surface area contributed by atoms with E-state index in [0.29, 0.717) is 61.9 Å². The van der Waals surface area contributed by atoms with Gasteiger partial charge in [-0.25, -0.2) is 0 Å². The van der Waals surface area contributed by atoms with Gasteiger partial charge in [0.25, 0.3) is 5.91 Å². The number of aryl methyl sites for hydroxylation is 1. The van der Waals surface area contributed by atoms with Crippen LogP contribution in [-0.4, -0.2) is 41.0 Å². The molecule has 12 heteroatoms. The summed E-state index contributed by atoms with van der Waals surface area (Å²) in [5.41, 5.74) is 2.17. The highest BCUT2D eigenvalue weighted by Crippen LogP contribution is 2.28. The van der Waals surface area contributed by atoms with Gasteiger partial charge in [-0.15, -0.1) is 21.6 Å². The van der Waals surface area contributed by atoms with Crippen LogP contribution < -0.4 is 16.0 Å². The number of nitrogens with zero attached hydrogens (tertiary/aromatic N) is 4. The first-order valence-corrected chi connectivity index (χ1v) is 12.2. The van der Waals surface area contributed by atoms with Gasteiger partial charge in [0.2, 0.25) is 23.5 Å². The highest BCUT2D eigenvalue weighted by molar-refractivity contribution is 7.14. The summed E-state index contributed by atoms with van der Waals surface area (Å²) in [6.45, 7) is 2.86. The van der Waals surface area contributed by atoms with Gasteiger partial charge in [0, 0.05) is 48.9 Å². The number of nitrogens with one attached hydrogen (secondary N) is 3. The van der Waals surface area contributed by atoms with E-state index in [9.17, 15) is 14.4 Å². The van der Waals surface area contributed by atoms with E-state index in [1.807, 2.05) is 17.5 Å². The Labute approximate surface area is 205 Å². The van der Waals surface area contributed by atoms with Crippen molar-refractivity contribution in [3.05, 3.63) is 52.5 Å². The number of carbonyl (C=O) groups is 3. The maximum atomic E-state index is 12.2. The number of allylic oxidation sites excluding steroid dienone is 3. The van der Waals surface area contributed by atoms with Crippen LogP contribution in [0.4, 0.5) is 5.00 Å². The van der Waals surface area contributed by atoms with Gasteiger partial charge in [0.15, 0.2) is 5.82 Å². The van der Waals surface area contributed by atoms with Crippen molar-refractivity contribution >= 4 is 34.1 Å². The number of thiophene rings is 1. The number of amides is 3. The molecule has 0 radical (unpaired) electrons. The first kappa shape index (κ1) is 24.2. The minimum absolute atomic E-state index is 0.0597.